The summed E-state index contributed by atoms with van der Waals surface area (Å²) in [6.07, 6.45) is -0.532. The number of nitrogens with one attached hydrogen (secondary N) is 1. The third-order valence-corrected chi connectivity index (χ3v) is 4.48. The Morgan fingerprint density at radius 1 is 1.24 bits per heavy atom. The van der Waals surface area contributed by atoms with Crippen molar-refractivity contribution in [2.24, 2.45) is 0 Å². The smallest absolute Gasteiger partial charge is 0.408 e. The number of amides is 1. The monoisotopic (exact) mass is 404 g/mol. The Morgan fingerprint density at radius 3 is 2.52 bits per heavy atom. The number of hydrogen-bond donors (Lipinski definition) is 1. The maximum atomic E-state index is 12.1. The fraction of sp³-hybridized carbons (Fsp3) is 0.571. The van der Waals surface area contributed by atoms with Gasteiger partial charge in [0.25, 0.3) is 0 Å². The van der Waals surface area contributed by atoms with Crippen molar-refractivity contribution in [3.05, 3.63) is 41.5 Å². The zero-order valence-electron chi connectivity index (χ0n) is 18.6. The third-order valence-electron chi connectivity index (χ3n) is 4.48. The van der Waals surface area contributed by atoms with E-state index in [2.05, 4.69) is 27.3 Å². The van der Waals surface area contributed by atoms with E-state index in [1.165, 1.54) is 0 Å². The van der Waals surface area contributed by atoms with E-state index in [1.807, 2.05) is 52.1 Å². The molecule has 1 aromatic heterocycles. The van der Waals surface area contributed by atoms with E-state index >= 15 is 0 Å². The number of hydrogen-bond acceptors (Lipinski definition) is 7. The van der Waals surface area contributed by atoms with E-state index in [4.69, 9.17) is 14.0 Å². The molecule has 0 saturated heterocycles. The van der Waals surface area contributed by atoms with Crippen LogP contribution in [0.4, 0.5) is 4.79 Å². The van der Waals surface area contributed by atoms with Crippen LogP contribution in [0.1, 0.15) is 64.9 Å². The van der Waals surface area contributed by atoms with Gasteiger partial charge < -0.3 is 19.3 Å². The predicted molar refractivity (Wildman–Crippen MR) is 110 cm³/mol. The molecule has 2 aromatic rings. The van der Waals surface area contributed by atoms with E-state index in [0.717, 1.165) is 11.3 Å². The van der Waals surface area contributed by atoms with E-state index in [1.54, 1.807) is 21.0 Å². The van der Waals surface area contributed by atoms with Gasteiger partial charge in [0.2, 0.25) is 5.89 Å². The van der Waals surface area contributed by atoms with Crippen molar-refractivity contribution in [1.29, 1.82) is 0 Å². The minimum Gasteiger partial charge on any atom is -0.496 e. The van der Waals surface area contributed by atoms with Gasteiger partial charge in [-0.2, -0.15) is 4.98 Å². The molecule has 2 rings (SSSR count). The molecule has 8 heteroatoms. The number of alkyl carbamates (subject to hydrolysis) is 1. The van der Waals surface area contributed by atoms with Crippen molar-refractivity contribution in [3.63, 3.8) is 0 Å². The summed E-state index contributed by atoms with van der Waals surface area (Å²) in [6, 6.07) is 7.98. The second-order valence-corrected chi connectivity index (χ2v) is 8.60. The molecule has 0 aliphatic carbocycles. The lowest BCUT2D eigenvalue weighted by molar-refractivity contribution is 0.0465. The van der Waals surface area contributed by atoms with Crippen LogP contribution in [0.15, 0.2) is 28.8 Å². The highest BCUT2D eigenvalue weighted by atomic mass is 16.6. The lowest BCUT2D eigenvalue weighted by atomic mass is 10.1. The van der Waals surface area contributed by atoms with Gasteiger partial charge in [0, 0.05) is 11.6 Å². The van der Waals surface area contributed by atoms with Crippen LogP contribution >= 0.6 is 0 Å². The highest BCUT2D eigenvalue weighted by Crippen LogP contribution is 2.29. The highest BCUT2D eigenvalue weighted by Gasteiger charge is 2.31. The largest absolute Gasteiger partial charge is 0.496 e. The highest BCUT2D eigenvalue weighted by molar-refractivity contribution is 5.68. The summed E-state index contributed by atoms with van der Waals surface area (Å²) in [5.41, 5.74) is -0.347. The number of methoxy groups -OCH3 is 1. The number of rotatable bonds is 7. The molecule has 0 radical (unpaired) electrons. The first-order valence-corrected chi connectivity index (χ1v) is 9.60. The Hall–Kier alpha value is -2.61. The van der Waals surface area contributed by atoms with Gasteiger partial charge in [-0.3, -0.25) is 4.90 Å². The molecule has 0 aliphatic heterocycles. The van der Waals surface area contributed by atoms with Crippen molar-refractivity contribution in [2.75, 3.05) is 14.2 Å². The van der Waals surface area contributed by atoms with Crippen LogP contribution in [0, 0.1) is 0 Å². The summed E-state index contributed by atoms with van der Waals surface area (Å²) in [4.78, 5) is 18.7. The Balaban J connectivity index is 2.06. The van der Waals surface area contributed by atoms with Crippen molar-refractivity contribution >= 4 is 6.09 Å². The van der Waals surface area contributed by atoms with Crippen molar-refractivity contribution in [2.45, 2.75) is 65.3 Å². The molecule has 0 bridgehead atoms. The van der Waals surface area contributed by atoms with E-state index in [9.17, 15) is 4.79 Å². The summed E-state index contributed by atoms with van der Waals surface area (Å²) in [6.45, 7) is 11.6. The average molecular weight is 405 g/mol. The van der Waals surface area contributed by atoms with Gasteiger partial charge in [-0.15, -0.1) is 0 Å². The second-order valence-electron chi connectivity index (χ2n) is 8.60. The molecular formula is C21H32N4O4. The number of aromatic nitrogens is 2. The number of nitrogens with zero attached hydrogens (tertiary/aromatic N) is 3. The van der Waals surface area contributed by atoms with Crippen LogP contribution in [-0.4, -0.2) is 40.9 Å². The van der Waals surface area contributed by atoms with E-state index < -0.39 is 17.2 Å². The summed E-state index contributed by atoms with van der Waals surface area (Å²) >= 11 is 0. The number of para-hydroxylation sites is 1. The van der Waals surface area contributed by atoms with E-state index in [-0.39, 0.29) is 6.04 Å². The lowest BCUT2D eigenvalue weighted by Crippen LogP contribution is -2.44. The minimum absolute atomic E-state index is 0.0781. The molecule has 1 aromatic carbocycles. The summed E-state index contributed by atoms with van der Waals surface area (Å²) in [5, 5.41) is 6.83. The first-order valence-electron chi connectivity index (χ1n) is 9.60. The summed E-state index contributed by atoms with van der Waals surface area (Å²) < 4.78 is 16.2. The van der Waals surface area contributed by atoms with Crippen LogP contribution in [0.5, 0.6) is 5.75 Å². The lowest BCUT2D eigenvalue weighted by Gasteiger charge is -2.26. The number of carbonyl (C=O) groups is 1. The quantitative estimate of drug-likeness (QED) is 0.745. The van der Waals surface area contributed by atoms with Crippen LogP contribution in [-0.2, 0) is 16.8 Å². The summed E-state index contributed by atoms with van der Waals surface area (Å²) in [7, 11) is 3.64. The topological polar surface area (TPSA) is 89.7 Å². The maximum Gasteiger partial charge on any atom is 0.408 e. The molecule has 29 heavy (non-hydrogen) atoms. The molecular weight excluding hydrogens is 372 g/mol. The van der Waals surface area contributed by atoms with Gasteiger partial charge in [0.1, 0.15) is 16.9 Å². The van der Waals surface area contributed by atoms with E-state index in [0.29, 0.717) is 18.3 Å². The first-order chi connectivity index (χ1) is 13.4. The molecule has 1 unspecified atom stereocenters. The summed E-state index contributed by atoms with van der Waals surface area (Å²) in [5.74, 6) is 1.68. The molecule has 8 nitrogen and oxygen atoms in total. The first kappa shape index (κ1) is 22.7. The van der Waals surface area contributed by atoms with Gasteiger partial charge in [0.05, 0.1) is 13.7 Å². The maximum absolute atomic E-state index is 12.1. The normalized spacial score (nSPS) is 13.3. The van der Waals surface area contributed by atoms with Gasteiger partial charge in [-0.05, 0) is 54.7 Å². The molecule has 1 atom stereocenters. The van der Waals surface area contributed by atoms with Gasteiger partial charge in [0.15, 0.2) is 5.82 Å². The fourth-order valence-electron chi connectivity index (χ4n) is 2.79. The number of carbonyl (C=O) groups excluding carboxylic acids is 1. The Kier molecular flexibility index (Phi) is 6.89. The third kappa shape index (κ3) is 6.19. The molecule has 1 heterocycles. The van der Waals surface area contributed by atoms with Crippen molar-refractivity contribution in [3.8, 4) is 5.75 Å². The van der Waals surface area contributed by atoms with Gasteiger partial charge in [-0.25, -0.2) is 4.79 Å². The molecule has 1 amide bonds. The van der Waals surface area contributed by atoms with Crippen molar-refractivity contribution in [1.82, 2.24) is 20.4 Å². The van der Waals surface area contributed by atoms with Crippen molar-refractivity contribution < 1.29 is 18.8 Å². The van der Waals surface area contributed by atoms with Gasteiger partial charge >= 0.3 is 6.09 Å². The van der Waals surface area contributed by atoms with Crippen LogP contribution in [0.2, 0.25) is 0 Å². The average Bonchev–Trinajstić information content (AvgIpc) is 3.08. The number of benzene rings is 1. The zero-order chi connectivity index (χ0) is 21.8. The molecule has 0 aliphatic rings. The molecule has 0 fully saturated rings. The fourth-order valence-corrected chi connectivity index (χ4v) is 2.79. The minimum atomic E-state index is -0.836. The van der Waals surface area contributed by atoms with Crippen LogP contribution in [0.3, 0.4) is 0 Å². The Morgan fingerprint density at radius 2 is 1.90 bits per heavy atom. The molecule has 0 saturated carbocycles. The zero-order valence-corrected chi connectivity index (χ0v) is 18.6. The second kappa shape index (κ2) is 8.82. The van der Waals surface area contributed by atoms with Crippen LogP contribution in [0.25, 0.3) is 0 Å². The Labute approximate surface area is 172 Å². The molecule has 160 valence electrons. The molecule has 0 spiro atoms. The van der Waals surface area contributed by atoms with Crippen LogP contribution < -0.4 is 10.1 Å². The Bertz CT molecular complexity index is 826. The number of ether oxygens (including phenoxy) is 2. The predicted octanol–water partition coefficient (Wildman–Crippen LogP) is 4.03. The van der Waals surface area contributed by atoms with Gasteiger partial charge in [-0.1, -0.05) is 23.4 Å². The molecule has 1 N–H and O–H groups in total. The SMILES string of the molecule is COc1ccccc1C(C)N(C)Cc1nc(C(C)(C)NC(=O)OC(C)(C)C)no1. The standard InChI is InChI=1S/C21H32N4O4/c1-14(15-11-9-10-12-16(15)27-8)25(7)13-17-22-18(24-29-17)21(5,6)23-19(26)28-20(2,3)4/h9-12,14H,13H2,1-8H3,(H,23,26).